The van der Waals surface area contributed by atoms with E-state index in [0.29, 0.717) is 12.2 Å². The highest BCUT2D eigenvalue weighted by atomic mass is 16.6. The summed E-state index contributed by atoms with van der Waals surface area (Å²) in [5.74, 6) is -0.0421. The fourth-order valence-corrected chi connectivity index (χ4v) is 3.88. The van der Waals surface area contributed by atoms with Crippen molar-refractivity contribution in [2.45, 2.75) is 19.3 Å². The third-order valence-corrected chi connectivity index (χ3v) is 5.19. The number of amides is 1. The summed E-state index contributed by atoms with van der Waals surface area (Å²) in [5, 5.41) is 11.0. The molecule has 2 aliphatic rings. The smallest absolute Gasteiger partial charge is 0.271 e. The van der Waals surface area contributed by atoms with Crippen molar-refractivity contribution < 1.29 is 9.72 Å². The molecule has 4 rings (SSSR count). The quantitative estimate of drug-likeness (QED) is 0.520. The molecule has 7 nitrogen and oxygen atoms in total. The Kier molecular flexibility index (Phi) is 3.99. The van der Waals surface area contributed by atoms with E-state index in [1.165, 1.54) is 12.1 Å². The van der Waals surface area contributed by atoms with Gasteiger partial charge in [0.05, 0.1) is 17.2 Å². The van der Waals surface area contributed by atoms with Gasteiger partial charge in [0, 0.05) is 36.6 Å². The second kappa shape index (κ2) is 6.33. The van der Waals surface area contributed by atoms with Crippen LogP contribution in [-0.4, -0.2) is 30.5 Å². The van der Waals surface area contributed by atoms with Crippen molar-refractivity contribution in [3.05, 3.63) is 57.6 Å². The first kappa shape index (κ1) is 16.4. The Bertz CT molecular complexity index is 896. The molecule has 0 spiro atoms. The SMILES string of the molecule is Nc1cccc2c1CCCN2CC(=O)N1CCc2ccc([N+](=O)[O-])cc21. The van der Waals surface area contributed by atoms with Gasteiger partial charge in [-0.1, -0.05) is 12.1 Å². The van der Waals surface area contributed by atoms with Crippen LogP contribution in [0.25, 0.3) is 0 Å². The molecular formula is C19H20N4O3. The number of nitro benzene ring substituents is 1. The van der Waals surface area contributed by atoms with Gasteiger partial charge in [0.1, 0.15) is 0 Å². The van der Waals surface area contributed by atoms with E-state index in [1.54, 1.807) is 11.0 Å². The molecule has 2 aromatic carbocycles. The van der Waals surface area contributed by atoms with E-state index in [9.17, 15) is 14.9 Å². The Balaban J connectivity index is 1.58. The second-order valence-corrected chi connectivity index (χ2v) is 6.74. The Hall–Kier alpha value is -3.09. The van der Waals surface area contributed by atoms with Crippen LogP contribution in [0.1, 0.15) is 17.5 Å². The summed E-state index contributed by atoms with van der Waals surface area (Å²) < 4.78 is 0. The highest BCUT2D eigenvalue weighted by Gasteiger charge is 2.29. The molecule has 0 aliphatic carbocycles. The second-order valence-electron chi connectivity index (χ2n) is 6.74. The van der Waals surface area contributed by atoms with Gasteiger partial charge in [-0.05, 0) is 42.5 Å². The van der Waals surface area contributed by atoms with Crippen LogP contribution >= 0.6 is 0 Å². The van der Waals surface area contributed by atoms with Crippen molar-refractivity contribution >= 4 is 28.7 Å². The molecular weight excluding hydrogens is 332 g/mol. The normalized spacial score (nSPS) is 15.5. The minimum atomic E-state index is -0.426. The molecule has 2 N–H and O–H groups in total. The van der Waals surface area contributed by atoms with Crippen LogP contribution in [0.15, 0.2) is 36.4 Å². The lowest BCUT2D eigenvalue weighted by molar-refractivity contribution is -0.384. The van der Waals surface area contributed by atoms with Gasteiger partial charge in [0.2, 0.25) is 5.91 Å². The van der Waals surface area contributed by atoms with Crippen molar-refractivity contribution in [1.82, 2.24) is 0 Å². The number of nitrogen functional groups attached to an aromatic ring is 1. The van der Waals surface area contributed by atoms with Crippen LogP contribution in [0.2, 0.25) is 0 Å². The zero-order valence-electron chi connectivity index (χ0n) is 14.4. The summed E-state index contributed by atoms with van der Waals surface area (Å²) in [6.45, 7) is 1.61. The van der Waals surface area contributed by atoms with Gasteiger partial charge in [-0.3, -0.25) is 14.9 Å². The van der Waals surface area contributed by atoms with E-state index in [0.717, 1.165) is 48.3 Å². The highest BCUT2D eigenvalue weighted by Crippen LogP contribution is 2.34. The minimum absolute atomic E-state index is 0.0135. The lowest BCUT2D eigenvalue weighted by Gasteiger charge is -2.32. The highest BCUT2D eigenvalue weighted by molar-refractivity contribution is 5.98. The number of nitro groups is 1. The zero-order chi connectivity index (χ0) is 18.3. The predicted molar refractivity (Wildman–Crippen MR) is 101 cm³/mol. The van der Waals surface area contributed by atoms with Crippen LogP contribution in [-0.2, 0) is 17.6 Å². The Morgan fingerprint density at radius 3 is 2.81 bits per heavy atom. The third-order valence-electron chi connectivity index (χ3n) is 5.19. The summed E-state index contributed by atoms with van der Waals surface area (Å²) in [5.41, 5.74) is 10.6. The zero-order valence-corrected chi connectivity index (χ0v) is 14.4. The van der Waals surface area contributed by atoms with Crippen LogP contribution in [0.5, 0.6) is 0 Å². The molecule has 0 bridgehead atoms. The van der Waals surface area contributed by atoms with Crippen LogP contribution in [0.3, 0.4) is 0 Å². The number of fused-ring (bicyclic) bond motifs is 2. The monoisotopic (exact) mass is 352 g/mol. The van der Waals surface area contributed by atoms with Gasteiger partial charge in [0.25, 0.3) is 5.69 Å². The maximum atomic E-state index is 12.9. The van der Waals surface area contributed by atoms with Crippen LogP contribution < -0.4 is 15.5 Å². The molecule has 1 amide bonds. The van der Waals surface area contributed by atoms with Crippen molar-refractivity contribution in [2.75, 3.05) is 35.2 Å². The van der Waals surface area contributed by atoms with Crippen molar-refractivity contribution in [3.63, 3.8) is 0 Å². The van der Waals surface area contributed by atoms with Crippen molar-refractivity contribution in [1.29, 1.82) is 0 Å². The molecule has 0 radical (unpaired) electrons. The largest absolute Gasteiger partial charge is 0.398 e. The number of rotatable bonds is 3. The molecule has 26 heavy (non-hydrogen) atoms. The number of carbonyl (C=O) groups is 1. The van der Waals surface area contributed by atoms with Gasteiger partial charge < -0.3 is 15.5 Å². The van der Waals surface area contributed by atoms with Crippen LogP contribution in [0, 0.1) is 10.1 Å². The summed E-state index contributed by atoms with van der Waals surface area (Å²) >= 11 is 0. The summed E-state index contributed by atoms with van der Waals surface area (Å²) in [7, 11) is 0. The van der Waals surface area contributed by atoms with Gasteiger partial charge in [-0.2, -0.15) is 0 Å². The van der Waals surface area contributed by atoms with Gasteiger partial charge in [-0.15, -0.1) is 0 Å². The first-order valence-electron chi connectivity index (χ1n) is 8.74. The average molecular weight is 352 g/mol. The fraction of sp³-hybridized carbons (Fsp3) is 0.316. The molecule has 0 fully saturated rings. The molecule has 0 aromatic heterocycles. The van der Waals surface area contributed by atoms with Gasteiger partial charge in [-0.25, -0.2) is 0 Å². The summed E-state index contributed by atoms with van der Waals surface area (Å²) in [6.07, 6.45) is 2.60. The molecule has 2 aromatic rings. The van der Waals surface area contributed by atoms with Crippen LogP contribution in [0.4, 0.5) is 22.7 Å². The van der Waals surface area contributed by atoms with Crippen molar-refractivity contribution in [2.24, 2.45) is 0 Å². The maximum Gasteiger partial charge on any atom is 0.271 e. The minimum Gasteiger partial charge on any atom is -0.398 e. The van der Waals surface area contributed by atoms with E-state index < -0.39 is 4.92 Å². The Morgan fingerprint density at radius 1 is 1.15 bits per heavy atom. The maximum absolute atomic E-state index is 12.9. The number of hydrogen-bond donors (Lipinski definition) is 1. The number of benzene rings is 2. The Labute approximate surface area is 151 Å². The van der Waals surface area contributed by atoms with E-state index >= 15 is 0 Å². The summed E-state index contributed by atoms with van der Waals surface area (Å²) in [6, 6.07) is 10.5. The number of nitrogens with zero attached hydrogens (tertiary/aromatic N) is 3. The third kappa shape index (κ3) is 2.75. The lowest BCUT2D eigenvalue weighted by atomic mass is 10.00. The molecule has 7 heteroatoms. The van der Waals surface area contributed by atoms with Gasteiger partial charge in [0.15, 0.2) is 0 Å². The topological polar surface area (TPSA) is 92.7 Å². The molecule has 134 valence electrons. The molecule has 2 heterocycles. The number of nitrogens with two attached hydrogens (primary N) is 1. The first-order chi connectivity index (χ1) is 12.5. The molecule has 0 saturated heterocycles. The molecule has 0 atom stereocenters. The van der Waals surface area contributed by atoms with E-state index in [1.807, 2.05) is 18.2 Å². The van der Waals surface area contributed by atoms with E-state index in [2.05, 4.69) is 4.90 Å². The van der Waals surface area contributed by atoms with Crippen molar-refractivity contribution in [3.8, 4) is 0 Å². The number of non-ortho nitro benzene ring substituents is 1. The predicted octanol–water partition coefficient (Wildman–Crippen LogP) is 2.52. The summed E-state index contributed by atoms with van der Waals surface area (Å²) in [4.78, 5) is 27.3. The molecule has 2 aliphatic heterocycles. The number of carbonyl (C=O) groups excluding carboxylic acids is 1. The van der Waals surface area contributed by atoms with E-state index in [4.69, 9.17) is 5.73 Å². The standard InChI is InChI=1S/C19H20N4O3/c20-16-4-1-5-17-15(16)3-2-9-21(17)12-19(24)22-10-8-13-6-7-14(23(25)26)11-18(13)22/h1,4-7,11H,2-3,8-10,12,20H2. The molecule has 0 unspecified atom stereocenters. The average Bonchev–Trinajstić information content (AvgIpc) is 3.06. The van der Waals surface area contributed by atoms with Gasteiger partial charge >= 0.3 is 0 Å². The number of hydrogen-bond acceptors (Lipinski definition) is 5. The lowest BCUT2D eigenvalue weighted by Crippen LogP contribution is -2.41. The first-order valence-corrected chi connectivity index (χ1v) is 8.74. The Morgan fingerprint density at radius 2 is 2.00 bits per heavy atom. The molecule has 0 saturated carbocycles. The number of anilines is 3. The van der Waals surface area contributed by atoms with E-state index in [-0.39, 0.29) is 18.1 Å². The fourth-order valence-electron chi connectivity index (χ4n) is 3.88.